The third kappa shape index (κ3) is 0.722. The average molecular weight is 141 g/mol. The molecule has 2 heteroatoms. The van der Waals surface area contributed by atoms with Crippen molar-refractivity contribution in [2.45, 2.75) is 38.5 Å². The number of morpholine rings is 1. The van der Waals surface area contributed by atoms with Gasteiger partial charge in [0.05, 0.1) is 18.8 Å². The van der Waals surface area contributed by atoms with Crippen molar-refractivity contribution in [3.8, 4) is 0 Å². The molecule has 0 spiro atoms. The zero-order chi connectivity index (χ0) is 7.35. The van der Waals surface area contributed by atoms with Gasteiger partial charge in [0.1, 0.15) is 0 Å². The smallest absolute Gasteiger partial charge is 0.0880 e. The van der Waals surface area contributed by atoms with E-state index in [1.807, 2.05) is 0 Å². The monoisotopic (exact) mass is 141 g/mol. The normalized spacial score (nSPS) is 39.9. The van der Waals surface area contributed by atoms with Gasteiger partial charge < -0.3 is 4.74 Å². The van der Waals surface area contributed by atoms with Crippen molar-refractivity contribution in [1.29, 1.82) is 0 Å². The molecule has 2 heterocycles. The molecule has 0 amide bonds. The Bertz CT molecular complexity index is 150. The average Bonchev–Trinajstić information content (AvgIpc) is 1.74. The fourth-order valence-electron chi connectivity index (χ4n) is 1.75. The summed E-state index contributed by atoms with van der Waals surface area (Å²) in [6.07, 6.45) is 0.583. The molecule has 0 saturated carbocycles. The van der Waals surface area contributed by atoms with Gasteiger partial charge in [-0.25, -0.2) is 0 Å². The van der Waals surface area contributed by atoms with Crippen LogP contribution in [0.3, 0.4) is 0 Å². The minimum atomic E-state index is 0.352. The second-order valence-electron chi connectivity index (χ2n) is 4.26. The van der Waals surface area contributed by atoms with Crippen molar-refractivity contribution in [1.82, 2.24) is 4.90 Å². The molecule has 2 aliphatic rings. The van der Waals surface area contributed by atoms with E-state index >= 15 is 0 Å². The quantitative estimate of drug-likeness (QED) is 0.496. The Labute approximate surface area is 62.2 Å². The van der Waals surface area contributed by atoms with Gasteiger partial charge in [0.25, 0.3) is 0 Å². The topological polar surface area (TPSA) is 12.5 Å². The van der Waals surface area contributed by atoms with Crippen LogP contribution >= 0.6 is 0 Å². The zero-order valence-corrected chi connectivity index (χ0v) is 6.92. The number of rotatable bonds is 0. The number of nitrogens with zero attached hydrogens (tertiary/aromatic N) is 1. The van der Waals surface area contributed by atoms with E-state index < -0.39 is 0 Å². The lowest BCUT2D eigenvalue weighted by atomic mass is 9.88. The molecule has 0 radical (unpaired) electrons. The first-order chi connectivity index (χ1) is 4.59. The Morgan fingerprint density at radius 3 is 2.20 bits per heavy atom. The third-order valence-electron chi connectivity index (χ3n) is 2.55. The van der Waals surface area contributed by atoms with Gasteiger partial charge in [0, 0.05) is 12.1 Å². The van der Waals surface area contributed by atoms with E-state index in [0.29, 0.717) is 11.6 Å². The number of hydrogen-bond donors (Lipinski definition) is 0. The highest BCUT2D eigenvalue weighted by Gasteiger charge is 2.50. The summed E-state index contributed by atoms with van der Waals surface area (Å²) in [5.41, 5.74) is 0.352. The molecule has 2 saturated heterocycles. The van der Waals surface area contributed by atoms with E-state index in [4.69, 9.17) is 4.74 Å². The van der Waals surface area contributed by atoms with E-state index in [1.165, 1.54) is 0 Å². The van der Waals surface area contributed by atoms with Gasteiger partial charge >= 0.3 is 0 Å². The molecule has 58 valence electrons. The van der Waals surface area contributed by atoms with Crippen LogP contribution in [0.15, 0.2) is 0 Å². The summed E-state index contributed by atoms with van der Waals surface area (Å²) in [6.45, 7) is 8.90. The number of fused-ring (bicyclic) bond motifs is 1. The van der Waals surface area contributed by atoms with Gasteiger partial charge in [-0.3, -0.25) is 4.90 Å². The van der Waals surface area contributed by atoms with E-state index in [0.717, 1.165) is 19.2 Å². The van der Waals surface area contributed by atoms with E-state index in [2.05, 4.69) is 25.7 Å². The van der Waals surface area contributed by atoms with E-state index in [9.17, 15) is 0 Å². The Balaban J connectivity index is 1.97. The molecule has 0 aromatic heterocycles. The summed E-state index contributed by atoms with van der Waals surface area (Å²) in [7, 11) is 0. The van der Waals surface area contributed by atoms with Crippen LogP contribution in [0.25, 0.3) is 0 Å². The highest BCUT2D eigenvalue weighted by molar-refractivity contribution is 5.03. The molecule has 2 nitrogen and oxygen atoms in total. The summed E-state index contributed by atoms with van der Waals surface area (Å²) in [4.78, 5) is 2.52. The second-order valence-corrected chi connectivity index (χ2v) is 4.26. The predicted molar refractivity (Wildman–Crippen MR) is 40.0 cm³/mol. The summed E-state index contributed by atoms with van der Waals surface area (Å²) in [6, 6.07) is 0.750. The Morgan fingerprint density at radius 1 is 1.40 bits per heavy atom. The highest BCUT2D eigenvalue weighted by Crippen LogP contribution is 2.35. The maximum atomic E-state index is 5.31. The molecule has 2 fully saturated rings. The molecule has 10 heavy (non-hydrogen) atoms. The van der Waals surface area contributed by atoms with Crippen LogP contribution in [-0.2, 0) is 4.74 Å². The maximum absolute atomic E-state index is 5.31. The highest BCUT2D eigenvalue weighted by atomic mass is 16.5. The van der Waals surface area contributed by atoms with Crippen molar-refractivity contribution < 1.29 is 4.74 Å². The van der Waals surface area contributed by atoms with Crippen LogP contribution in [0.1, 0.15) is 20.8 Å². The molecule has 1 unspecified atom stereocenters. The predicted octanol–water partition coefficient (Wildman–Crippen LogP) is 0.868. The molecule has 0 N–H and O–H groups in total. The van der Waals surface area contributed by atoms with Crippen LogP contribution < -0.4 is 0 Å². The first-order valence-corrected chi connectivity index (χ1v) is 3.97. The van der Waals surface area contributed by atoms with Gasteiger partial charge in [-0.1, -0.05) is 0 Å². The molecule has 0 bridgehead atoms. The van der Waals surface area contributed by atoms with Gasteiger partial charge in [-0.15, -0.1) is 0 Å². The van der Waals surface area contributed by atoms with Crippen LogP contribution in [0.2, 0.25) is 0 Å². The van der Waals surface area contributed by atoms with E-state index in [1.54, 1.807) is 0 Å². The van der Waals surface area contributed by atoms with Crippen LogP contribution in [0.4, 0.5) is 0 Å². The lowest BCUT2D eigenvalue weighted by Crippen LogP contribution is -2.74. The zero-order valence-electron chi connectivity index (χ0n) is 6.92. The molecule has 2 aliphatic heterocycles. The second kappa shape index (κ2) is 1.74. The van der Waals surface area contributed by atoms with Gasteiger partial charge in [-0.2, -0.15) is 0 Å². The number of hydrogen-bond acceptors (Lipinski definition) is 2. The first kappa shape index (κ1) is 6.62. The maximum Gasteiger partial charge on any atom is 0.0880 e. The van der Waals surface area contributed by atoms with Gasteiger partial charge in [0.15, 0.2) is 0 Å². The standard InChI is InChI=1S/C8H15NO/c1-8(2,3)9-4-7-6(9)5-10-7/h6-7H,4-5H2,1-3H3/t6?,7-/m0/s1. The molecular weight excluding hydrogens is 126 g/mol. The summed E-state index contributed by atoms with van der Waals surface area (Å²) in [5.74, 6) is 0. The summed E-state index contributed by atoms with van der Waals surface area (Å²) >= 11 is 0. The van der Waals surface area contributed by atoms with Gasteiger partial charge in [-0.05, 0) is 20.8 Å². The lowest BCUT2D eigenvalue weighted by Gasteiger charge is -2.60. The largest absolute Gasteiger partial charge is 0.373 e. The number of likely N-dealkylation sites (tertiary alicyclic amines) is 1. The number of ether oxygens (including phenoxy) is 1. The molecule has 0 aromatic rings. The molecular formula is C8H15NO. The lowest BCUT2D eigenvalue weighted by molar-refractivity contribution is -0.238. The third-order valence-corrected chi connectivity index (χ3v) is 2.55. The molecule has 2 rings (SSSR count). The SMILES string of the molecule is CC(C)(C)N1C[C@@H]2OCC21. The minimum Gasteiger partial charge on any atom is -0.373 e. The fourth-order valence-corrected chi connectivity index (χ4v) is 1.75. The fraction of sp³-hybridized carbons (Fsp3) is 1.00. The van der Waals surface area contributed by atoms with Crippen molar-refractivity contribution in [2.75, 3.05) is 13.2 Å². The van der Waals surface area contributed by atoms with Crippen molar-refractivity contribution in [2.24, 2.45) is 0 Å². The molecule has 0 aliphatic carbocycles. The minimum absolute atomic E-state index is 0.352. The Kier molecular flexibility index (Phi) is 1.15. The summed E-state index contributed by atoms with van der Waals surface area (Å²) < 4.78 is 5.31. The summed E-state index contributed by atoms with van der Waals surface area (Å²) in [5, 5.41) is 0. The first-order valence-electron chi connectivity index (χ1n) is 3.97. The van der Waals surface area contributed by atoms with Gasteiger partial charge in [0.2, 0.25) is 0 Å². The Hall–Kier alpha value is -0.0800. The van der Waals surface area contributed by atoms with Crippen LogP contribution in [-0.4, -0.2) is 35.7 Å². The van der Waals surface area contributed by atoms with Crippen LogP contribution in [0.5, 0.6) is 0 Å². The van der Waals surface area contributed by atoms with Crippen molar-refractivity contribution >= 4 is 0 Å². The van der Waals surface area contributed by atoms with Crippen molar-refractivity contribution in [3.05, 3.63) is 0 Å². The van der Waals surface area contributed by atoms with E-state index in [-0.39, 0.29) is 0 Å². The van der Waals surface area contributed by atoms with Crippen molar-refractivity contribution in [3.63, 3.8) is 0 Å². The molecule has 2 atom stereocenters. The van der Waals surface area contributed by atoms with Crippen LogP contribution in [0, 0.1) is 0 Å². The Morgan fingerprint density at radius 2 is 2.10 bits per heavy atom. The molecule has 0 aromatic carbocycles.